The van der Waals surface area contributed by atoms with Crippen LogP contribution >= 0.6 is 0 Å². The molecule has 1 heterocycles. The Morgan fingerprint density at radius 3 is 2.13 bits per heavy atom. The van der Waals surface area contributed by atoms with E-state index < -0.39 is 35.7 Å². The van der Waals surface area contributed by atoms with Crippen molar-refractivity contribution in [3.05, 3.63) is 0 Å². The van der Waals surface area contributed by atoms with Gasteiger partial charge in [-0.15, -0.1) is 0 Å². The van der Waals surface area contributed by atoms with Gasteiger partial charge >= 0.3 is 6.03 Å². The van der Waals surface area contributed by atoms with Gasteiger partial charge in [-0.05, 0) is 0 Å². The average molecular weight is 216 g/mol. The largest absolute Gasteiger partial charge is 0.370 e. The molecule has 0 unspecified atom stereocenters. The van der Waals surface area contributed by atoms with E-state index in [1.54, 1.807) is 10.6 Å². The van der Waals surface area contributed by atoms with Gasteiger partial charge in [0.2, 0.25) is 11.4 Å². The number of hydroxylamine groups is 1. The maximum Gasteiger partial charge on any atom is 0.328 e. The van der Waals surface area contributed by atoms with Crippen LogP contribution in [0.2, 0.25) is 0 Å². The van der Waals surface area contributed by atoms with Crippen LogP contribution in [0.4, 0.5) is 4.79 Å². The maximum atomic E-state index is 11.3. The van der Waals surface area contributed by atoms with Gasteiger partial charge in [0.15, 0.2) is 0 Å². The molecular formula is C6H8N4O5. The first-order valence-electron chi connectivity index (χ1n) is 3.79. The number of carbonyl (C=O) groups excluding carboxylic acids is 4. The monoisotopic (exact) mass is 216 g/mol. The number of barbiturate groups is 1. The molecule has 1 fully saturated rings. The summed E-state index contributed by atoms with van der Waals surface area (Å²) in [5, 5.41) is 12.2. The van der Waals surface area contributed by atoms with Crippen molar-refractivity contribution in [2.75, 3.05) is 0 Å². The summed E-state index contributed by atoms with van der Waals surface area (Å²) in [5.74, 6) is -3.27. The van der Waals surface area contributed by atoms with Gasteiger partial charge in [-0.1, -0.05) is 0 Å². The highest BCUT2D eigenvalue weighted by Crippen LogP contribution is 2.13. The van der Waals surface area contributed by atoms with Crippen molar-refractivity contribution in [1.29, 1.82) is 0 Å². The first kappa shape index (κ1) is 11.1. The topological polar surface area (TPSA) is 151 Å². The number of hydrogen-bond acceptors (Lipinski definition) is 6. The molecule has 0 spiro atoms. The molecular weight excluding hydrogens is 208 g/mol. The maximum absolute atomic E-state index is 11.3. The van der Waals surface area contributed by atoms with Crippen LogP contribution in [0.15, 0.2) is 0 Å². The summed E-state index contributed by atoms with van der Waals surface area (Å²) in [6, 6.07) is -1.03. The molecule has 0 aromatic carbocycles. The van der Waals surface area contributed by atoms with Crippen LogP contribution in [0.5, 0.6) is 0 Å². The van der Waals surface area contributed by atoms with Crippen LogP contribution in [0.25, 0.3) is 0 Å². The summed E-state index contributed by atoms with van der Waals surface area (Å²) in [4.78, 5) is 43.9. The standard InChI is InChI=1S/C6H8N4O5/c7-2(11)1-6(10-15)3(12)8-5(14)9-4(6)13/h10,15H,1H2,(H2,7,11)(H2,8,9,12,13,14). The van der Waals surface area contributed by atoms with Crippen LogP contribution < -0.4 is 21.8 Å². The fraction of sp³-hybridized carbons (Fsp3) is 0.333. The fourth-order valence-electron chi connectivity index (χ4n) is 1.12. The van der Waals surface area contributed by atoms with Gasteiger partial charge in [-0.25, -0.2) is 4.79 Å². The van der Waals surface area contributed by atoms with Gasteiger partial charge in [0.05, 0.1) is 6.42 Å². The summed E-state index contributed by atoms with van der Waals surface area (Å²) < 4.78 is 0. The quantitative estimate of drug-likeness (QED) is 0.249. The SMILES string of the molecule is NC(=O)CC1(NO)C(=O)NC(=O)NC1=O. The molecule has 0 radical (unpaired) electrons. The zero-order valence-electron chi connectivity index (χ0n) is 7.36. The number of nitrogens with two attached hydrogens (primary N) is 1. The fourth-order valence-corrected chi connectivity index (χ4v) is 1.12. The summed E-state index contributed by atoms with van der Waals surface area (Å²) in [7, 11) is 0. The lowest BCUT2D eigenvalue weighted by molar-refractivity contribution is -0.148. The third kappa shape index (κ3) is 1.78. The molecule has 0 aliphatic carbocycles. The lowest BCUT2D eigenvalue weighted by Crippen LogP contribution is -2.72. The highest BCUT2D eigenvalue weighted by Gasteiger charge is 2.51. The molecule has 0 bridgehead atoms. The highest BCUT2D eigenvalue weighted by atomic mass is 16.5. The van der Waals surface area contributed by atoms with Crippen LogP contribution in [-0.2, 0) is 14.4 Å². The van der Waals surface area contributed by atoms with E-state index in [1.807, 2.05) is 0 Å². The van der Waals surface area contributed by atoms with Gasteiger partial charge in [-0.2, -0.15) is 5.48 Å². The second-order valence-electron chi connectivity index (χ2n) is 2.90. The highest BCUT2D eigenvalue weighted by molar-refractivity contribution is 6.23. The predicted octanol–water partition coefficient (Wildman–Crippen LogP) is -3.05. The van der Waals surface area contributed by atoms with Crippen LogP contribution in [0, 0.1) is 0 Å². The van der Waals surface area contributed by atoms with Crippen LogP contribution in [0.1, 0.15) is 6.42 Å². The molecule has 15 heavy (non-hydrogen) atoms. The van der Waals surface area contributed by atoms with Crippen LogP contribution in [-0.4, -0.2) is 34.5 Å². The van der Waals surface area contributed by atoms with Gasteiger partial charge in [0.1, 0.15) is 0 Å². The number of carbonyl (C=O) groups is 4. The zero-order valence-corrected chi connectivity index (χ0v) is 7.36. The Morgan fingerprint density at radius 2 is 1.80 bits per heavy atom. The third-order valence-electron chi connectivity index (χ3n) is 1.86. The molecule has 6 N–H and O–H groups in total. The normalized spacial score (nSPS) is 19.4. The molecule has 0 saturated carbocycles. The van der Waals surface area contributed by atoms with Crippen molar-refractivity contribution < 1.29 is 24.4 Å². The molecule has 1 aliphatic rings. The van der Waals surface area contributed by atoms with E-state index in [4.69, 9.17) is 10.9 Å². The second kappa shape index (κ2) is 3.63. The van der Waals surface area contributed by atoms with Crippen molar-refractivity contribution >= 4 is 23.8 Å². The smallest absolute Gasteiger partial charge is 0.328 e. The van der Waals surface area contributed by atoms with E-state index in [9.17, 15) is 19.2 Å². The number of urea groups is 1. The van der Waals surface area contributed by atoms with E-state index in [1.165, 1.54) is 5.48 Å². The number of primary amides is 1. The van der Waals surface area contributed by atoms with E-state index >= 15 is 0 Å². The lowest BCUT2D eigenvalue weighted by atomic mass is 9.92. The Kier molecular flexibility index (Phi) is 2.68. The number of rotatable bonds is 3. The molecule has 0 aromatic rings. The van der Waals surface area contributed by atoms with Crippen molar-refractivity contribution in [3.8, 4) is 0 Å². The first-order chi connectivity index (χ1) is 6.92. The van der Waals surface area contributed by atoms with Crippen molar-refractivity contribution in [3.63, 3.8) is 0 Å². The molecule has 1 rings (SSSR count). The average Bonchev–Trinajstić information content (AvgIpc) is 2.11. The second-order valence-corrected chi connectivity index (χ2v) is 2.90. The molecule has 0 atom stereocenters. The summed E-state index contributed by atoms with van der Waals surface area (Å²) >= 11 is 0. The Bertz CT molecular complexity index is 331. The number of nitrogens with one attached hydrogen (secondary N) is 3. The minimum absolute atomic E-state index is 0.769. The molecule has 1 aliphatic heterocycles. The Balaban J connectivity index is 3.05. The van der Waals surface area contributed by atoms with Crippen LogP contribution in [0.3, 0.4) is 0 Å². The predicted molar refractivity (Wildman–Crippen MR) is 43.1 cm³/mol. The lowest BCUT2D eigenvalue weighted by Gasteiger charge is -2.31. The molecule has 9 nitrogen and oxygen atoms in total. The van der Waals surface area contributed by atoms with E-state index in [-0.39, 0.29) is 0 Å². The Labute approximate surface area is 82.9 Å². The van der Waals surface area contributed by atoms with E-state index in [0.717, 1.165) is 0 Å². The number of hydrogen-bond donors (Lipinski definition) is 5. The minimum Gasteiger partial charge on any atom is -0.370 e. The Hall–Kier alpha value is -2.00. The van der Waals surface area contributed by atoms with Crippen molar-refractivity contribution in [1.82, 2.24) is 16.1 Å². The molecule has 9 heteroatoms. The summed E-state index contributed by atoms with van der Waals surface area (Å²) in [5.41, 5.74) is 3.95. The van der Waals surface area contributed by atoms with Gasteiger partial charge in [0, 0.05) is 0 Å². The first-order valence-corrected chi connectivity index (χ1v) is 3.79. The molecule has 82 valence electrons. The zero-order chi connectivity index (χ0) is 11.6. The number of amides is 5. The van der Waals surface area contributed by atoms with E-state index in [0.29, 0.717) is 0 Å². The molecule has 5 amide bonds. The summed E-state index contributed by atoms with van der Waals surface area (Å²) in [6.07, 6.45) is -0.769. The van der Waals surface area contributed by atoms with Gasteiger partial charge in [-0.3, -0.25) is 25.0 Å². The molecule has 1 saturated heterocycles. The van der Waals surface area contributed by atoms with Crippen molar-refractivity contribution in [2.45, 2.75) is 12.0 Å². The number of imide groups is 2. The third-order valence-corrected chi connectivity index (χ3v) is 1.86. The molecule has 0 aromatic heterocycles. The van der Waals surface area contributed by atoms with Crippen molar-refractivity contribution in [2.24, 2.45) is 5.73 Å². The summed E-state index contributed by atoms with van der Waals surface area (Å²) in [6.45, 7) is 0. The van der Waals surface area contributed by atoms with E-state index in [2.05, 4.69) is 0 Å². The van der Waals surface area contributed by atoms with Gasteiger partial charge in [0.25, 0.3) is 11.8 Å². The minimum atomic E-state index is -2.25. The van der Waals surface area contributed by atoms with Gasteiger partial charge < -0.3 is 10.9 Å². The Morgan fingerprint density at radius 1 is 1.33 bits per heavy atom.